The highest BCUT2D eigenvalue weighted by Crippen LogP contribution is 2.20. The van der Waals surface area contributed by atoms with Gasteiger partial charge in [0.25, 0.3) is 0 Å². The van der Waals surface area contributed by atoms with Gasteiger partial charge in [-0.05, 0) is 81.1 Å². The zero-order valence-corrected chi connectivity index (χ0v) is 22.2. The van der Waals surface area contributed by atoms with E-state index in [1.165, 1.54) is 0 Å². The average Bonchev–Trinajstić information content (AvgIpc) is 2.83. The molecule has 6 heteroatoms. The molecule has 1 atom stereocenters. The van der Waals surface area contributed by atoms with Crippen LogP contribution in [0.25, 0.3) is 10.8 Å². The van der Waals surface area contributed by atoms with E-state index in [1.807, 2.05) is 71.0 Å². The molecule has 0 heterocycles. The first-order chi connectivity index (χ1) is 17.2. The predicted molar refractivity (Wildman–Crippen MR) is 145 cm³/mol. The zero-order valence-electron chi connectivity index (χ0n) is 22.2. The lowest BCUT2D eigenvalue weighted by Gasteiger charge is -2.30. The third-order valence-electron chi connectivity index (χ3n) is 5.69. The summed E-state index contributed by atoms with van der Waals surface area (Å²) in [5.41, 5.74) is 8.20. The Morgan fingerprint density at radius 2 is 1.50 bits per heavy atom. The molecule has 0 unspecified atom stereocenters. The minimum Gasteiger partial charge on any atom is -0.488 e. The normalized spacial score (nSPS) is 12.6. The number of fused-ring (bicyclic) bond motifs is 1. The molecule has 3 aromatic carbocycles. The number of carbonyl (C=O) groups excluding carboxylic acids is 1. The van der Waals surface area contributed by atoms with Crippen molar-refractivity contribution in [1.29, 1.82) is 0 Å². The van der Waals surface area contributed by atoms with E-state index in [-0.39, 0.29) is 11.5 Å². The molecular formula is C30H40N2O4. The van der Waals surface area contributed by atoms with Crippen molar-refractivity contribution in [2.24, 2.45) is 5.73 Å². The van der Waals surface area contributed by atoms with Crippen LogP contribution in [0.2, 0.25) is 0 Å². The first kappa shape index (κ1) is 27.7. The topological polar surface area (TPSA) is 74.0 Å². The molecule has 194 valence electrons. The Kier molecular flexibility index (Phi) is 9.88. The van der Waals surface area contributed by atoms with Crippen LogP contribution in [0.4, 0.5) is 0 Å². The van der Waals surface area contributed by atoms with Crippen LogP contribution in [0, 0.1) is 0 Å². The van der Waals surface area contributed by atoms with Gasteiger partial charge in [-0.15, -0.1) is 0 Å². The van der Waals surface area contributed by atoms with Crippen LogP contribution in [0.3, 0.4) is 0 Å². The molecule has 0 aromatic heterocycles. The summed E-state index contributed by atoms with van der Waals surface area (Å²) in [6, 6.07) is 21.5. The molecule has 2 N–H and O–H groups in total. The fraction of sp³-hybridized carbons (Fsp3) is 0.433. The average molecular weight is 493 g/mol. The Labute approximate surface area is 215 Å². The summed E-state index contributed by atoms with van der Waals surface area (Å²) in [5.74, 6) is 0.655. The number of hydrogen-bond acceptors (Lipinski definition) is 5. The van der Waals surface area contributed by atoms with E-state index in [0.717, 1.165) is 27.6 Å². The van der Waals surface area contributed by atoms with Crippen molar-refractivity contribution in [2.75, 3.05) is 19.8 Å². The van der Waals surface area contributed by atoms with Crippen LogP contribution in [0.5, 0.6) is 5.75 Å². The van der Waals surface area contributed by atoms with E-state index in [0.29, 0.717) is 32.7 Å². The molecule has 36 heavy (non-hydrogen) atoms. The van der Waals surface area contributed by atoms with E-state index in [2.05, 4.69) is 30.3 Å². The van der Waals surface area contributed by atoms with Crippen LogP contribution in [0.1, 0.15) is 45.7 Å². The highest BCUT2D eigenvalue weighted by Gasteiger charge is 2.25. The molecule has 3 aromatic rings. The fourth-order valence-electron chi connectivity index (χ4n) is 4.12. The number of rotatable bonds is 12. The summed E-state index contributed by atoms with van der Waals surface area (Å²) in [7, 11) is 0. The molecule has 0 saturated carbocycles. The van der Waals surface area contributed by atoms with Crippen molar-refractivity contribution < 1.29 is 19.0 Å². The number of carbonyl (C=O) groups is 1. The minimum absolute atomic E-state index is 0.136. The Hall–Kier alpha value is -2.93. The molecular weight excluding hydrogens is 452 g/mol. The molecule has 0 spiro atoms. The van der Waals surface area contributed by atoms with Gasteiger partial charge in [0.05, 0.1) is 12.6 Å². The van der Waals surface area contributed by atoms with Gasteiger partial charge in [0.15, 0.2) is 6.29 Å². The highest BCUT2D eigenvalue weighted by atomic mass is 16.7. The Morgan fingerprint density at radius 1 is 0.889 bits per heavy atom. The molecule has 0 aliphatic carbocycles. The van der Waals surface area contributed by atoms with Gasteiger partial charge >= 0.3 is 0 Å². The highest BCUT2D eigenvalue weighted by molar-refractivity contribution is 5.84. The van der Waals surface area contributed by atoms with Crippen LogP contribution >= 0.6 is 0 Å². The van der Waals surface area contributed by atoms with Crippen molar-refractivity contribution >= 4 is 16.7 Å². The monoisotopic (exact) mass is 492 g/mol. The maximum absolute atomic E-state index is 13.6. The third kappa shape index (κ3) is 8.33. The summed E-state index contributed by atoms with van der Waals surface area (Å²) >= 11 is 0. The van der Waals surface area contributed by atoms with Crippen molar-refractivity contribution in [2.45, 2.75) is 65.5 Å². The van der Waals surface area contributed by atoms with E-state index < -0.39 is 12.3 Å². The maximum atomic E-state index is 13.6. The molecule has 0 fully saturated rings. The van der Waals surface area contributed by atoms with Gasteiger partial charge in [-0.3, -0.25) is 4.79 Å². The molecule has 1 amide bonds. The standard InChI is InChI=1S/C30H40N2O4/c1-6-34-28(35-7-2)21-32(20-23-12-15-24-10-8-9-11-25(24)18-23)29(33)27(31)19-22-13-16-26(17-14-22)36-30(3,4)5/h8-18,27-28H,6-7,19-21,31H2,1-5H3/t27-/m0/s1. The lowest BCUT2D eigenvalue weighted by Crippen LogP contribution is -2.48. The van der Waals surface area contributed by atoms with E-state index >= 15 is 0 Å². The van der Waals surface area contributed by atoms with Crippen LogP contribution in [0.15, 0.2) is 66.7 Å². The first-order valence-electron chi connectivity index (χ1n) is 12.7. The van der Waals surface area contributed by atoms with Gasteiger partial charge in [0, 0.05) is 19.8 Å². The Bertz CT molecular complexity index is 1100. The largest absolute Gasteiger partial charge is 0.488 e. The number of ether oxygens (including phenoxy) is 3. The SMILES string of the molecule is CCOC(CN(Cc1ccc2ccccc2c1)C(=O)[C@@H](N)Cc1ccc(OC(C)(C)C)cc1)OCC. The molecule has 0 aliphatic rings. The molecule has 0 radical (unpaired) electrons. The van der Waals surface area contributed by atoms with Crippen LogP contribution in [-0.2, 0) is 27.2 Å². The summed E-state index contributed by atoms with van der Waals surface area (Å²) in [5, 5.41) is 2.30. The van der Waals surface area contributed by atoms with Crippen molar-refractivity contribution in [3.8, 4) is 5.75 Å². The van der Waals surface area contributed by atoms with Crippen molar-refractivity contribution in [3.05, 3.63) is 77.9 Å². The second-order valence-corrected chi connectivity index (χ2v) is 9.91. The summed E-state index contributed by atoms with van der Waals surface area (Å²) in [6.07, 6.45) is -0.0815. The maximum Gasteiger partial charge on any atom is 0.240 e. The zero-order chi connectivity index (χ0) is 26.1. The smallest absolute Gasteiger partial charge is 0.240 e. The molecule has 0 saturated heterocycles. The van der Waals surface area contributed by atoms with Gasteiger partial charge in [-0.25, -0.2) is 0 Å². The fourth-order valence-corrected chi connectivity index (χ4v) is 4.12. The second kappa shape index (κ2) is 12.9. The molecule has 3 rings (SSSR count). The van der Waals surface area contributed by atoms with Crippen LogP contribution < -0.4 is 10.5 Å². The molecule has 0 aliphatic heterocycles. The number of hydrogen-bond donors (Lipinski definition) is 1. The van der Waals surface area contributed by atoms with Gasteiger partial charge in [-0.1, -0.05) is 48.5 Å². The number of nitrogens with zero attached hydrogens (tertiary/aromatic N) is 1. The molecule has 0 bridgehead atoms. The van der Waals surface area contributed by atoms with Crippen LogP contribution in [-0.4, -0.2) is 48.5 Å². The summed E-state index contributed by atoms with van der Waals surface area (Å²) < 4.78 is 17.4. The first-order valence-corrected chi connectivity index (χ1v) is 12.7. The summed E-state index contributed by atoms with van der Waals surface area (Å²) in [6.45, 7) is 11.6. The van der Waals surface area contributed by atoms with Gasteiger partial charge < -0.3 is 24.8 Å². The van der Waals surface area contributed by atoms with Crippen molar-refractivity contribution in [1.82, 2.24) is 4.90 Å². The van der Waals surface area contributed by atoms with E-state index in [4.69, 9.17) is 19.9 Å². The lowest BCUT2D eigenvalue weighted by molar-refractivity contribution is -0.160. The van der Waals surface area contributed by atoms with Gasteiger partial charge in [0.1, 0.15) is 11.4 Å². The second-order valence-electron chi connectivity index (χ2n) is 9.91. The lowest BCUT2D eigenvalue weighted by atomic mass is 10.0. The number of nitrogens with two attached hydrogens (primary N) is 1. The van der Waals surface area contributed by atoms with Gasteiger partial charge in [-0.2, -0.15) is 0 Å². The van der Waals surface area contributed by atoms with E-state index in [1.54, 1.807) is 4.90 Å². The number of benzene rings is 3. The van der Waals surface area contributed by atoms with Gasteiger partial charge in [0.2, 0.25) is 5.91 Å². The predicted octanol–water partition coefficient (Wildman–Crippen LogP) is 5.31. The number of amides is 1. The Morgan fingerprint density at radius 3 is 2.11 bits per heavy atom. The minimum atomic E-state index is -0.691. The Balaban J connectivity index is 1.76. The summed E-state index contributed by atoms with van der Waals surface area (Å²) in [4.78, 5) is 15.3. The van der Waals surface area contributed by atoms with Crippen molar-refractivity contribution in [3.63, 3.8) is 0 Å². The quantitative estimate of drug-likeness (QED) is 0.347. The van der Waals surface area contributed by atoms with E-state index in [9.17, 15) is 4.79 Å². The molecule has 6 nitrogen and oxygen atoms in total. The third-order valence-corrected chi connectivity index (χ3v) is 5.69.